The summed E-state index contributed by atoms with van der Waals surface area (Å²) in [5, 5.41) is 12.6. The molecular weight excluding hydrogens is 266 g/mol. The first-order chi connectivity index (χ1) is 10.3. The zero-order chi connectivity index (χ0) is 14.9. The summed E-state index contributed by atoms with van der Waals surface area (Å²) in [5.74, 6) is -0.370. The second kappa shape index (κ2) is 8.80. The molecule has 1 aliphatic carbocycles. The molecule has 0 saturated heterocycles. The maximum atomic E-state index is 11.8. The average Bonchev–Trinajstić information content (AvgIpc) is 2.80. The van der Waals surface area contributed by atoms with Crippen molar-refractivity contribution in [2.45, 2.75) is 50.7 Å². The van der Waals surface area contributed by atoms with Crippen molar-refractivity contribution in [3.8, 4) is 0 Å². The summed E-state index contributed by atoms with van der Waals surface area (Å²) in [4.78, 5) is 11.8. The normalized spacial score (nSPS) is 18.0. The smallest absolute Gasteiger partial charge is 0.253 e. The second-order valence-corrected chi connectivity index (χ2v) is 5.59. The van der Waals surface area contributed by atoms with Crippen molar-refractivity contribution in [1.29, 1.82) is 0 Å². The van der Waals surface area contributed by atoms with Crippen LogP contribution in [-0.4, -0.2) is 30.3 Å². The first kappa shape index (κ1) is 16.0. The Hall–Kier alpha value is -1.39. The third-order valence-electron chi connectivity index (χ3n) is 3.92. The van der Waals surface area contributed by atoms with E-state index >= 15 is 0 Å². The molecular formula is C17H25NO3. The van der Waals surface area contributed by atoms with Gasteiger partial charge in [0.2, 0.25) is 0 Å². The van der Waals surface area contributed by atoms with Crippen LogP contribution in [0.25, 0.3) is 0 Å². The van der Waals surface area contributed by atoms with E-state index in [1.807, 2.05) is 6.07 Å². The number of benzene rings is 1. The van der Waals surface area contributed by atoms with Crippen molar-refractivity contribution in [2.75, 3.05) is 13.2 Å². The van der Waals surface area contributed by atoms with Gasteiger partial charge in [-0.25, -0.2) is 0 Å². The van der Waals surface area contributed by atoms with Crippen molar-refractivity contribution in [2.24, 2.45) is 0 Å². The maximum Gasteiger partial charge on any atom is 0.253 e. The van der Waals surface area contributed by atoms with Crippen molar-refractivity contribution in [1.82, 2.24) is 5.32 Å². The minimum absolute atomic E-state index is 0.337. The van der Waals surface area contributed by atoms with Gasteiger partial charge in [0.05, 0.1) is 12.7 Å². The van der Waals surface area contributed by atoms with Gasteiger partial charge in [-0.1, -0.05) is 56.0 Å². The van der Waals surface area contributed by atoms with Gasteiger partial charge in [0.15, 0.2) is 6.10 Å². The lowest BCUT2D eigenvalue weighted by atomic mass is 10.1. The number of hydrogen-bond donors (Lipinski definition) is 2. The van der Waals surface area contributed by atoms with Gasteiger partial charge in [-0.15, -0.1) is 0 Å². The Morgan fingerprint density at radius 3 is 2.52 bits per heavy atom. The molecule has 1 unspecified atom stereocenters. The lowest BCUT2D eigenvalue weighted by Crippen LogP contribution is -2.32. The fourth-order valence-electron chi connectivity index (χ4n) is 2.69. The van der Waals surface area contributed by atoms with E-state index in [9.17, 15) is 9.90 Å². The molecule has 4 nitrogen and oxygen atoms in total. The van der Waals surface area contributed by atoms with E-state index in [1.54, 1.807) is 24.3 Å². The minimum atomic E-state index is -1.11. The van der Waals surface area contributed by atoms with Crippen molar-refractivity contribution < 1.29 is 14.6 Å². The fraction of sp³-hybridized carbons (Fsp3) is 0.588. The van der Waals surface area contributed by atoms with Gasteiger partial charge in [-0.2, -0.15) is 0 Å². The summed E-state index contributed by atoms with van der Waals surface area (Å²) in [6.45, 7) is 0.955. The van der Waals surface area contributed by atoms with Crippen LogP contribution in [0.1, 0.15) is 50.2 Å². The molecule has 1 saturated carbocycles. The highest BCUT2D eigenvalue weighted by molar-refractivity contribution is 5.81. The molecule has 21 heavy (non-hydrogen) atoms. The molecule has 2 N–H and O–H groups in total. The Balaban J connectivity index is 1.65. The quantitative estimate of drug-likeness (QED) is 0.625. The molecule has 4 heteroatoms. The number of aliphatic hydroxyl groups excluding tert-OH is 1. The topological polar surface area (TPSA) is 58.6 Å². The van der Waals surface area contributed by atoms with E-state index in [1.165, 1.54) is 25.7 Å². The zero-order valence-corrected chi connectivity index (χ0v) is 12.5. The molecule has 0 aromatic heterocycles. The van der Waals surface area contributed by atoms with Crippen molar-refractivity contribution in [3.05, 3.63) is 35.9 Å². The van der Waals surface area contributed by atoms with Crippen LogP contribution in [0.4, 0.5) is 0 Å². The van der Waals surface area contributed by atoms with Gasteiger partial charge in [0.1, 0.15) is 0 Å². The summed E-state index contributed by atoms with van der Waals surface area (Å²) in [6, 6.07) is 8.95. The molecule has 1 amide bonds. The van der Waals surface area contributed by atoms with E-state index < -0.39 is 6.10 Å². The first-order valence-corrected chi connectivity index (χ1v) is 7.89. The Labute approximate surface area is 126 Å². The largest absolute Gasteiger partial charge is 0.378 e. The number of carbonyl (C=O) groups is 1. The van der Waals surface area contributed by atoms with Crippen LogP contribution < -0.4 is 5.32 Å². The Kier molecular flexibility index (Phi) is 6.70. The van der Waals surface area contributed by atoms with Crippen molar-refractivity contribution in [3.63, 3.8) is 0 Å². The summed E-state index contributed by atoms with van der Waals surface area (Å²) < 4.78 is 5.80. The molecule has 0 bridgehead atoms. The van der Waals surface area contributed by atoms with Crippen LogP contribution >= 0.6 is 0 Å². The standard InChI is InChI=1S/C17H25NO3/c19-16(14-8-4-3-5-9-14)17(20)18-12-13-21-15-10-6-1-2-7-11-15/h3-5,8-9,15-16,19H,1-2,6-7,10-13H2,(H,18,20). The first-order valence-electron chi connectivity index (χ1n) is 7.89. The number of hydrogen-bond acceptors (Lipinski definition) is 3. The van der Waals surface area contributed by atoms with E-state index in [-0.39, 0.29) is 5.91 Å². The molecule has 2 rings (SSSR count). The van der Waals surface area contributed by atoms with E-state index in [0.29, 0.717) is 24.8 Å². The van der Waals surface area contributed by atoms with Crippen LogP contribution in [0.2, 0.25) is 0 Å². The van der Waals surface area contributed by atoms with Crippen LogP contribution in [0.15, 0.2) is 30.3 Å². The number of rotatable bonds is 6. The summed E-state index contributed by atoms with van der Waals surface area (Å²) >= 11 is 0. The van der Waals surface area contributed by atoms with Gasteiger partial charge in [0, 0.05) is 6.54 Å². The van der Waals surface area contributed by atoms with Crippen molar-refractivity contribution >= 4 is 5.91 Å². The molecule has 1 fully saturated rings. The van der Waals surface area contributed by atoms with E-state index in [4.69, 9.17) is 4.74 Å². The highest BCUT2D eigenvalue weighted by atomic mass is 16.5. The predicted molar refractivity (Wildman–Crippen MR) is 81.9 cm³/mol. The third-order valence-corrected chi connectivity index (χ3v) is 3.92. The summed E-state index contributed by atoms with van der Waals surface area (Å²) in [6.07, 6.45) is 6.57. The van der Waals surface area contributed by atoms with E-state index in [0.717, 1.165) is 12.8 Å². The SMILES string of the molecule is O=C(NCCOC1CCCCCC1)C(O)c1ccccc1. The third kappa shape index (κ3) is 5.48. The van der Waals surface area contributed by atoms with Crippen LogP contribution in [0, 0.1) is 0 Å². The number of aliphatic hydroxyl groups is 1. The van der Waals surface area contributed by atoms with Crippen LogP contribution in [-0.2, 0) is 9.53 Å². The maximum absolute atomic E-state index is 11.8. The number of amides is 1. The molecule has 1 aliphatic rings. The fourth-order valence-corrected chi connectivity index (χ4v) is 2.69. The molecule has 1 aromatic rings. The molecule has 0 aliphatic heterocycles. The molecule has 116 valence electrons. The number of ether oxygens (including phenoxy) is 1. The second-order valence-electron chi connectivity index (χ2n) is 5.59. The monoisotopic (exact) mass is 291 g/mol. The lowest BCUT2D eigenvalue weighted by Gasteiger charge is -2.16. The van der Waals surface area contributed by atoms with Gasteiger partial charge < -0.3 is 15.2 Å². The Morgan fingerprint density at radius 2 is 1.86 bits per heavy atom. The summed E-state index contributed by atoms with van der Waals surface area (Å²) in [5.41, 5.74) is 0.611. The Bertz CT molecular complexity index is 413. The van der Waals surface area contributed by atoms with Crippen LogP contribution in [0.5, 0.6) is 0 Å². The predicted octanol–water partition coefficient (Wildman–Crippen LogP) is 2.58. The molecule has 0 spiro atoms. The highest BCUT2D eigenvalue weighted by Crippen LogP contribution is 2.19. The zero-order valence-electron chi connectivity index (χ0n) is 12.5. The average molecular weight is 291 g/mol. The molecule has 1 aromatic carbocycles. The molecule has 0 heterocycles. The molecule has 1 atom stereocenters. The van der Waals surface area contributed by atoms with Gasteiger partial charge in [0.25, 0.3) is 5.91 Å². The van der Waals surface area contributed by atoms with Crippen LogP contribution in [0.3, 0.4) is 0 Å². The lowest BCUT2D eigenvalue weighted by molar-refractivity contribution is -0.130. The highest BCUT2D eigenvalue weighted by Gasteiger charge is 2.17. The van der Waals surface area contributed by atoms with E-state index in [2.05, 4.69) is 5.32 Å². The minimum Gasteiger partial charge on any atom is -0.378 e. The number of nitrogens with one attached hydrogen (secondary N) is 1. The van der Waals surface area contributed by atoms with Gasteiger partial charge >= 0.3 is 0 Å². The summed E-state index contributed by atoms with van der Waals surface area (Å²) in [7, 11) is 0. The molecule has 0 radical (unpaired) electrons. The van der Waals surface area contributed by atoms with Gasteiger partial charge in [-0.05, 0) is 18.4 Å². The van der Waals surface area contributed by atoms with Gasteiger partial charge in [-0.3, -0.25) is 4.79 Å². The Morgan fingerprint density at radius 1 is 1.19 bits per heavy atom. The number of carbonyl (C=O) groups excluding carboxylic acids is 1.